The minimum atomic E-state index is -0.111. The number of aryl methyl sites for hydroxylation is 1. The molecule has 3 aromatic rings. The Balaban J connectivity index is 1.84. The molecular weight excluding hydrogens is 516 g/mol. The molecule has 0 saturated carbocycles. The third kappa shape index (κ3) is 5.90. The summed E-state index contributed by atoms with van der Waals surface area (Å²) in [4.78, 5) is 24.0. The normalized spacial score (nSPS) is 10.8. The number of methoxy groups -OCH3 is 1. The summed E-state index contributed by atoms with van der Waals surface area (Å²) < 4.78 is 7.81. The second kappa shape index (κ2) is 11.0. The predicted molar refractivity (Wildman–Crippen MR) is 129 cm³/mol. The van der Waals surface area contributed by atoms with Crippen molar-refractivity contribution in [1.82, 2.24) is 20.1 Å². The monoisotopic (exact) mass is 536 g/mol. The van der Waals surface area contributed by atoms with Crippen molar-refractivity contribution in [1.29, 1.82) is 0 Å². The van der Waals surface area contributed by atoms with E-state index in [1.54, 1.807) is 25.3 Å². The van der Waals surface area contributed by atoms with Crippen molar-refractivity contribution in [2.45, 2.75) is 25.4 Å². The second-order valence-corrected chi connectivity index (χ2v) is 9.17. The van der Waals surface area contributed by atoms with Crippen molar-refractivity contribution in [3.8, 4) is 11.4 Å². The summed E-state index contributed by atoms with van der Waals surface area (Å²) in [5, 5.41) is 12.5. The van der Waals surface area contributed by atoms with Gasteiger partial charge in [0.1, 0.15) is 11.6 Å². The molecule has 32 heavy (non-hydrogen) atoms. The van der Waals surface area contributed by atoms with Gasteiger partial charge in [-0.15, -0.1) is 10.2 Å². The van der Waals surface area contributed by atoms with E-state index in [-0.39, 0.29) is 17.4 Å². The van der Waals surface area contributed by atoms with E-state index in [2.05, 4.69) is 31.4 Å². The first-order valence-electron chi connectivity index (χ1n) is 9.75. The van der Waals surface area contributed by atoms with Crippen LogP contribution in [0.4, 0.5) is 0 Å². The Morgan fingerprint density at radius 3 is 2.66 bits per heavy atom. The van der Waals surface area contributed by atoms with Gasteiger partial charge < -0.3 is 10.1 Å². The molecule has 0 bridgehead atoms. The molecule has 7 nitrogen and oxygen atoms in total. The number of carbonyl (C=O) groups is 2. The lowest BCUT2D eigenvalue weighted by atomic mass is 10.1. The molecule has 0 radical (unpaired) electrons. The Labute approximate surface area is 204 Å². The Morgan fingerprint density at radius 1 is 1.22 bits per heavy atom. The molecule has 0 aliphatic heterocycles. The van der Waals surface area contributed by atoms with E-state index in [4.69, 9.17) is 16.3 Å². The van der Waals surface area contributed by atoms with Crippen LogP contribution in [0, 0.1) is 6.92 Å². The smallest absolute Gasteiger partial charge is 0.216 e. The lowest BCUT2D eigenvalue weighted by Crippen LogP contribution is -2.23. The Bertz CT molecular complexity index is 1150. The molecular formula is C22H22BrClN4O3S. The highest BCUT2D eigenvalue weighted by Crippen LogP contribution is 2.28. The number of halogens is 2. The number of hydrogen-bond acceptors (Lipinski definition) is 6. The van der Waals surface area contributed by atoms with Gasteiger partial charge in [-0.1, -0.05) is 29.4 Å². The fourth-order valence-electron chi connectivity index (χ4n) is 2.94. The largest absolute Gasteiger partial charge is 0.496 e. The minimum Gasteiger partial charge on any atom is -0.496 e. The number of thioether (sulfide) groups is 1. The standard InChI is InChI=1S/C22H22BrClN4O3S/c1-13-4-6-16(11-18(13)24)28-21(8-9-25-14(2)29)26-27-22(28)32-12-19(30)15-5-7-20(31-3)17(23)10-15/h4-7,10-11H,8-9,12H2,1-3H3,(H,25,29). The molecule has 0 spiro atoms. The van der Waals surface area contributed by atoms with Crippen LogP contribution < -0.4 is 10.1 Å². The van der Waals surface area contributed by atoms with Crippen LogP contribution in [0.15, 0.2) is 46.0 Å². The van der Waals surface area contributed by atoms with E-state index < -0.39 is 0 Å². The average Bonchev–Trinajstić information content (AvgIpc) is 3.16. The van der Waals surface area contributed by atoms with Crippen LogP contribution in [0.25, 0.3) is 5.69 Å². The van der Waals surface area contributed by atoms with E-state index in [1.165, 1.54) is 18.7 Å². The van der Waals surface area contributed by atoms with Gasteiger partial charge in [-0.05, 0) is 58.7 Å². The molecule has 1 N–H and O–H groups in total. The van der Waals surface area contributed by atoms with Crippen molar-refractivity contribution in [2.75, 3.05) is 19.4 Å². The molecule has 0 aliphatic carbocycles. The van der Waals surface area contributed by atoms with E-state index >= 15 is 0 Å². The minimum absolute atomic E-state index is 0.0466. The van der Waals surface area contributed by atoms with Crippen LogP contribution in [0.5, 0.6) is 5.75 Å². The zero-order chi connectivity index (χ0) is 23.3. The van der Waals surface area contributed by atoms with Gasteiger partial charge in [0.25, 0.3) is 0 Å². The summed E-state index contributed by atoms with van der Waals surface area (Å²) in [6.07, 6.45) is 0.484. The summed E-state index contributed by atoms with van der Waals surface area (Å²) in [6, 6.07) is 10.9. The lowest BCUT2D eigenvalue weighted by molar-refractivity contribution is -0.118. The molecule has 10 heteroatoms. The number of aromatic nitrogens is 3. The highest BCUT2D eigenvalue weighted by Gasteiger charge is 2.18. The first kappa shape index (κ1) is 24.3. The van der Waals surface area contributed by atoms with E-state index in [0.717, 1.165) is 11.3 Å². The van der Waals surface area contributed by atoms with Gasteiger partial charge in [-0.25, -0.2) is 0 Å². The molecule has 1 amide bonds. The van der Waals surface area contributed by atoms with Crippen LogP contribution >= 0.6 is 39.3 Å². The average molecular weight is 538 g/mol. The van der Waals surface area contributed by atoms with Gasteiger partial charge in [-0.2, -0.15) is 0 Å². The summed E-state index contributed by atoms with van der Waals surface area (Å²) in [6.45, 7) is 3.82. The maximum Gasteiger partial charge on any atom is 0.216 e. The molecule has 0 atom stereocenters. The molecule has 0 aliphatic rings. The molecule has 2 aromatic carbocycles. The summed E-state index contributed by atoms with van der Waals surface area (Å²) >= 11 is 11.0. The van der Waals surface area contributed by atoms with Gasteiger partial charge in [0.15, 0.2) is 10.9 Å². The van der Waals surface area contributed by atoms with Crippen molar-refractivity contribution < 1.29 is 14.3 Å². The molecule has 0 unspecified atom stereocenters. The number of carbonyl (C=O) groups excluding carboxylic acids is 2. The van der Waals surface area contributed by atoms with Crippen LogP contribution in [0.2, 0.25) is 5.02 Å². The maximum absolute atomic E-state index is 12.8. The van der Waals surface area contributed by atoms with Crippen molar-refractivity contribution in [3.63, 3.8) is 0 Å². The fraction of sp³-hybridized carbons (Fsp3) is 0.273. The van der Waals surface area contributed by atoms with Gasteiger partial charge in [0, 0.05) is 30.5 Å². The van der Waals surface area contributed by atoms with Gasteiger partial charge in [0.2, 0.25) is 5.91 Å². The zero-order valence-corrected chi connectivity index (χ0v) is 21.0. The topological polar surface area (TPSA) is 86.1 Å². The third-order valence-electron chi connectivity index (χ3n) is 4.64. The highest BCUT2D eigenvalue weighted by atomic mass is 79.9. The molecule has 1 aromatic heterocycles. The summed E-state index contributed by atoms with van der Waals surface area (Å²) in [5.74, 6) is 1.35. The highest BCUT2D eigenvalue weighted by molar-refractivity contribution is 9.10. The Kier molecular flexibility index (Phi) is 8.33. The number of ether oxygens (including phenoxy) is 1. The number of amides is 1. The first-order valence-corrected chi connectivity index (χ1v) is 11.9. The molecule has 0 saturated heterocycles. The number of rotatable bonds is 9. The van der Waals surface area contributed by atoms with Gasteiger partial charge in [0.05, 0.1) is 23.0 Å². The number of nitrogens with one attached hydrogen (secondary N) is 1. The fourth-order valence-corrected chi connectivity index (χ4v) is 4.52. The van der Waals surface area contributed by atoms with Gasteiger partial charge in [-0.3, -0.25) is 14.2 Å². The quantitative estimate of drug-likeness (QED) is 0.316. The summed E-state index contributed by atoms with van der Waals surface area (Å²) in [5.41, 5.74) is 2.32. The van der Waals surface area contributed by atoms with Crippen molar-refractivity contribution >= 4 is 51.0 Å². The van der Waals surface area contributed by atoms with Crippen LogP contribution in [-0.4, -0.2) is 45.9 Å². The summed E-state index contributed by atoms with van der Waals surface area (Å²) in [7, 11) is 1.57. The number of Topliss-reactive ketones (excluding diaryl/α,β-unsaturated/α-hetero) is 1. The van der Waals surface area contributed by atoms with Crippen molar-refractivity contribution in [3.05, 3.63) is 62.8 Å². The zero-order valence-electron chi connectivity index (χ0n) is 17.8. The van der Waals surface area contributed by atoms with E-state index in [9.17, 15) is 9.59 Å². The maximum atomic E-state index is 12.8. The van der Waals surface area contributed by atoms with E-state index in [0.29, 0.717) is 44.8 Å². The molecule has 1 heterocycles. The molecule has 0 fully saturated rings. The molecule has 168 valence electrons. The van der Waals surface area contributed by atoms with Crippen LogP contribution in [-0.2, 0) is 11.2 Å². The van der Waals surface area contributed by atoms with Crippen molar-refractivity contribution in [2.24, 2.45) is 0 Å². The SMILES string of the molecule is COc1ccc(C(=O)CSc2nnc(CCNC(C)=O)n2-c2ccc(C)c(Cl)c2)cc1Br. The number of ketones is 1. The Morgan fingerprint density at radius 2 is 2.00 bits per heavy atom. The second-order valence-electron chi connectivity index (χ2n) is 6.96. The Hall–Kier alpha value is -2.36. The third-order valence-corrected chi connectivity index (χ3v) is 6.60. The number of hydrogen-bond donors (Lipinski definition) is 1. The van der Waals surface area contributed by atoms with Crippen LogP contribution in [0.1, 0.15) is 28.7 Å². The van der Waals surface area contributed by atoms with E-state index in [1.807, 2.05) is 29.7 Å². The van der Waals surface area contributed by atoms with Crippen LogP contribution in [0.3, 0.4) is 0 Å². The number of nitrogens with zero attached hydrogens (tertiary/aromatic N) is 3. The number of benzene rings is 2. The van der Waals surface area contributed by atoms with Gasteiger partial charge >= 0.3 is 0 Å². The molecule has 3 rings (SSSR count). The first-order chi connectivity index (χ1) is 15.3. The predicted octanol–water partition coefficient (Wildman–Crippen LogP) is 4.65. The lowest BCUT2D eigenvalue weighted by Gasteiger charge is -2.12.